The molecule has 0 unspecified atom stereocenters. The van der Waals surface area contributed by atoms with Crippen molar-refractivity contribution in [3.8, 4) is 10.7 Å². The van der Waals surface area contributed by atoms with Crippen LogP contribution in [0, 0.1) is 6.92 Å². The maximum atomic E-state index is 11.1. The van der Waals surface area contributed by atoms with Crippen LogP contribution in [0.4, 0.5) is 0 Å². The fourth-order valence-electron chi connectivity index (χ4n) is 2.45. The van der Waals surface area contributed by atoms with Crippen molar-refractivity contribution in [3.05, 3.63) is 64.6 Å². The molecule has 2 aromatic heterocycles. The molecule has 0 atom stereocenters. The van der Waals surface area contributed by atoms with Crippen LogP contribution in [0.15, 0.2) is 42.7 Å². The van der Waals surface area contributed by atoms with E-state index in [0.717, 1.165) is 36.3 Å². The molecule has 0 aliphatic rings. The Labute approximate surface area is 144 Å². The summed E-state index contributed by atoms with van der Waals surface area (Å²) in [5.41, 5.74) is 3.35. The highest BCUT2D eigenvalue weighted by Gasteiger charge is 2.16. The molecule has 5 nitrogen and oxygen atoms in total. The maximum absolute atomic E-state index is 11.1. The van der Waals surface area contributed by atoms with Crippen molar-refractivity contribution in [3.63, 3.8) is 0 Å². The molecule has 122 valence electrons. The zero-order valence-electron chi connectivity index (χ0n) is 13.3. The average Bonchev–Trinajstić information content (AvgIpc) is 2.98. The number of carboxylic acid groups (broad SMARTS) is 1. The lowest BCUT2D eigenvalue weighted by molar-refractivity contribution is 0.0701. The summed E-state index contributed by atoms with van der Waals surface area (Å²) < 4.78 is 0. The molecule has 0 amide bonds. The molecule has 3 aromatic rings. The van der Waals surface area contributed by atoms with Gasteiger partial charge in [0, 0.05) is 6.20 Å². The molecule has 2 heterocycles. The standard InChI is InChI=1S/C18H17N3O2S/c1-12-16(18(22)23)24-17(20-12)15-11-19-10-14(21-15)9-5-8-13-6-3-2-4-7-13/h2-4,6-7,10-11H,5,8-9H2,1H3,(H,22,23). The van der Waals surface area contributed by atoms with Crippen LogP contribution in [-0.4, -0.2) is 26.0 Å². The van der Waals surface area contributed by atoms with E-state index in [1.807, 2.05) is 18.2 Å². The third-order valence-electron chi connectivity index (χ3n) is 3.64. The van der Waals surface area contributed by atoms with Gasteiger partial charge in [0.25, 0.3) is 0 Å². The lowest BCUT2D eigenvalue weighted by atomic mass is 10.1. The molecule has 0 spiro atoms. The topological polar surface area (TPSA) is 76.0 Å². The van der Waals surface area contributed by atoms with Gasteiger partial charge >= 0.3 is 5.97 Å². The quantitative estimate of drug-likeness (QED) is 0.739. The smallest absolute Gasteiger partial charge is 0.347 e. The number of hydrogen-bond acceptors (Lipinski definition) is 5. The number of aromatic carboxylic acids is 1. The molecule has 0 saturated carbocycles. The fraction of sp³-hybridized carbons (Fsp3) is 0.222. The molecule has 0 radical (unpaired) electrons. The minimum atomic E-state index is -0.955. The summed E-state index contributed by atoms with van der Waals surface area (Å²) in [4.78, 5) is 24.5. The predicted octanol–water partition coefficient (Wildman–Crippen LogP) is 3.78. The predicted molar refractivity (Wildman–Crippen MR) is 93.3 cm³/mol. The Morgan fingerprint density at radius 1 is 1.12 bits per heavy atom. The van der Waals surface area contributed by atoms with Gasteiger partial charge in [-0.15, -0.1) is 11.3 Å². The van der Waals surface area contributed by atoms with Crippen molar-refractivity contribution in [1.29, 1.82) is 0 Å². The van der Waals surface area contributed by atoms with Gasteiger partial charge in [0.05, 0.1) is 17.6 Å². The highest BCUT2D eigenvalue weighted by Crippen LogP contribution is 2.26. The molecule has 0 bridgehead atoms. The highest BCUT2D eigenvalue weighted by molar-refractivity contribution is 7.16. The Bertz CT molecular complexity index is 846. The van der Waals surface area contributed by atoms with Crippen LogP contribution in [0.5, 0.6) is 0 Å². The summed E-state index contributed by atoms with van der Waals surface area (Å²) >= 11 is 1.14. The average molecular weight is 339 g/mol. The number of hydrogen-bond donors (Lipinski definition) is 1. The molecule has 3 rings (SSSR count). The first kappa shape index (κ1) is 16.3. The molecule has 0 fully saturated rings. The van der Waals surface area contributed by atoms with Crippen LogP contribution in [0.1, 0.15) is 33.0 Å². The lowest BCUT2D eigenvalue weighted by Gasteiger charge is -2.03. The molecule has 1 N–H and O–H groups in total. The SMILES string of the molecule is Cc1nc(-c2cncc(CCCc3ccccc3)n2)sc1C(=O)O. The summed E-state index contributed by atoms with van der Waals surface area (Å²) in [5.74, 6) is -0.955. The monoisotopic (exact) mass is 339 g/mol. The summed E-state index contributed by atoms with van der Waals surface area (Å²) in [7, 11) is 0. The van der Waals surface area contributed by atoms with E-state index in [4.69, 9.17) is 5.11 Å². The Balaban J connectivity index is 1.70. The van der Waals surface area contributed by atoms with Gasteiger partial charge in [0.1, 0.15) is 15.6 Å². The zero-order chi connectivity index (χ0) is 16.9. The first-order chi connectivity index (χ1) is 11.6. The van der Waals surface area contributed by atoms with Crippen molar-refractivity contribution in [2.75, 3.05) is 0 Å². The number of aromatic nitrogens is 3. The third kappa shape index (κ3) is 3.83. The number of benzene rings is 1. The molecule has 6 heteroatoms. The number of aryl methyl sites for hydroxylation is 3. The molecular weight excluding hydrogens is 322 g/mol. The van der Waals surface area contributed by atoms with Crippen LogP contribution < -0.4 is 0 Å². The second kappa shape index (κ2) is 7.31. The van der Waals surface area contributed by atoms with Gasteiger partial charge in [-0.25, -0.2) is 14.8 Å². The second-order valence-electron chi connectivity index (χ2n) is 5.47. The molecule has 0 saturated heterocycles. The van der Waals surface area contributed by atoms with E-state index >= 15 is 0 Å². The highest BCUT2D eigenvalue weighted by atomic mass is 32.1. The number of thiazole rings is 1. The molecule has 24 heavy (non-hydrogen) atoms. The molecular formula is C18H17N3O2S. The summed E-state index contributed by atoms with van der Waals surface area (Å²) in [5, 5.41) is 9.74. The van der Waals surface area contributed by atoms with Gasteiger partial charge in [-0.3, -0.25) is 4.98 Å². The van der Waals surface area contributed by atoms with E-state index in [0.29, 0.717) is 16.4 Å². The number of nitrogens with zero attached hydrogens (tertiary/aromatic N) is 3. The van der Waals surface area contributed by atoms with Gasteiger partial charge < -0.3 is 5.11 Å². The van der Waals surface area contributed by atoms with Crippen LogP contribution in [0.25, 0.3) is 10.7 Å². The Hall–Kier alpha value is -2.60. The Morgan fingerprint density at radius 2 is 1.92 bits per heavy atom. The lowest BCUT2D eigenvalue weighted by Crippen LogP contribution is -1.96. The molecule has 0 aliphatic heterocycles. The van der Waals surface area contributed by atoms with Crippen molar-refractivity contribution < 1.29 is 9.90 Å². The van der Waals surface area contributed by atoms with Crippen molar-refractivity contribution >= 4 is 17.3 Å². The third-order valence-corrected chi connectivity index (χ3v) is 4.80. The van der Waals surface area contributed by atoms with Gasteiger partial charge in [-0.05, 0) is 31.7 Å². The zero-order valence-corrected chi connectivity index (χ0v) is 14.1. The summed E-state index contributed by atoms with van der Waals surface area (Å²) in [6.45, 7) is 1.70. The Morgan fingerprint density at radius 3 is 2.62 bits per heavy atom. The minimum Gasteiger partial charge on any atom is -0.477 e. The largest absolute Gasteiger partial charge is 0.477 e. The van der Waals surface area contributed by atoms with E-state index in [1.54, 1.807) is 19.3 Å². The van der Waals surface area contributed by atoms with Gasteiger partial charge in [-0.2, -0.15) is 0 Å². The molecule has 1 aromatic carbocycles. The first-order valence-electron chi connectivity index (χ1n) is 7.69. The van der Waals surface area contributed by atoms with Crippen LogP contribution in [0.2, 0.25) is 0 Å². The second-order valence-corrected chi connectivity index (χ2v) is 6.47. The van der Waals surface area contributed by atoms with E-state index in [2.05, 4.69) is 27.1 Å². The van der Waals surface area contributed by atoms with E-state index in [9.17, 15) is 4.79 Å². The van der Waals surface area contributed by atoms with Crippen molar-refractivity contribution in [2.24, 2.45) is 0 Å². The van der Waals surface area contributed by atoms with Crippen LogP contribution in [0.3, 0.4) is 0 Å². The summed E-state index contributed by atoms with van der Waals surface area (Å²) in [6.07, 6.45) is 6.19. The maximum Gasteiger partial charge on any atom is 0.347 e. The first-order valence-corrected chi connectivity index (χ1v) is 8.51. The van der Waals surface area contributed by atoms with E-state index in [1.165, 1.54) is 5.56 Å². The van der Waals surface area contributed by atoms with Gasteiger partial charge in [-0.1, -0.05) is 30.3 Å². The normalized spacial score (nSPS) is 10.7. The number of carboxylic acids is 1. The fourth-order valence-corrected chi connectivity index (χ4v) is 3.31. The van der Waals surface area contributed by atoms with Gasteiger partial charge in [0.2, 0.25) is 0 Å². The van der Waals surface area contributed by atoms with E-state index in [-0.39, 0.29) is 4.88 Å². The van der Waals surface area contributed by atoms with Crippen LogP contribution >= 0.6 is 11.3 Å². The van der Waals surface area contributed by atoms with Crippen molar-refractivity contribution in [2.45, 2.75) is 26.2 Å². The summed E-state index contributed by atoms with van der Waals surface area (Å²) in [6, 6.07) is 10.3. The van der Waals surface area contributed by atoms with Crippen LogP contribution in [-0.2, 0) is 12.8 Å². The molecule has 0 aliphatic carbocycles. The van der Waals surface area contributed by atoms with Gasteiger partial charge in [0.15, 0.2) is 0 Å². The number of carbonyl (C=O) groups is 1. The Kier molecular flexibility index (Phi) is 4.96. The van der Waals surface area contributed by atoms with Crippen molar-refractivity contribution in [1.82, 2.24) is 15.0 Å². The minimum absolute atomic E-state index is 0.251. The van der Waals surface area contributed by atoms with E-state index < -0.39 is 5.97 Å². The number of rotatable bonds is 6.